The Bertz CT molecular complexity index is 1010. The second kappa shape index (κ2) is 17.0. The SMILES string of the molecule is CC.CCCC1=C2C(=CCC(C)=C1)CCN2C=O.COc1ccc2c(c1)CCCN(CCCCC(C)=O)C2. The number of Topliss-reactive ketones (excluding diaryl/α,β-unsaturated/α-hetero) is 1. The predicted molar refractivity (Wildman–Crippen MR) is 158 cm³/mol. The smallest absolute Gasteiger partial charge is 0.214 e. The van der Waals surface area contributed by atoms with Crippen LogP contribution < -0.4 is 4.74 Å². The van der Waals surface area contributed by atoms with Crippen molar-refractivity contribution in [2.75, 3.05) is 26.7 Å². The molecule has 3 aliphatic rings. The van der Waals surface area contributed by atoms with E-state index in [0.29, 0.717) is 5.78 Å². The molecular formula is C33H50N2O3. The Kier molecular flexibility index (Phi) is 14.1. The van der Waals surface area contributed by atoms with Gasteiger partial charge in [-0.3, -0.25) is 9.69 Å². The number of amides is 1. The van der Waals surface area contributed by atoms with E-state index in [1.54, 1.807) is 14.0 Å². The van der Waals surface area contributed by atoms with Crippen LogP contribution in [-0.2, 0) is 22.6 Å². The number of fused-ring (bicyclic) bond motifs is 2. The molecular weight excluding hydrogens is 472 g/mol. The minimum absolute atomic E-state index is 0.304. The number of rotatable bonds is 9. The second-order valence-corrected chi connectivity index (χ2v) is 10.3. The van der Waals surface area contributed by atoms with Crippen LogP contribution in [-0.4, -0.2) is 48.7 Å². The van der Waals surface area contributed by atoms with Gasteiger partial charge < -0.3 is 14.4 Å². The summed E-state index contributed by atoms with van der Waals surface area (Å²) in [5.41, 5.74) is 8.14. The molecule has 1 amide bonds. The number of hydrogen-bond donors (Lipinski definition) is 0. The summed E-state index contributed by atoms with van der Waals surface area (Å²) in [5.74, 6) is 1.26. The van der Waals surface area contributed by atoms with E-state index in [0.717, 1.165) is 89.7 Å². The van der Waals surface area contributed by atoms with Crippen molar-refractivity contribution in [3.8, 4) is 5.75 Å². The first-order chi connectivity index (χ1) is 18.4. The summed E-state index contributed by atoms with van der Waals surface area (Å²) in [7, 11) is 1.72. The van der Waals surface area contributed by atoms with E-state index >= 15 is 0 Å². The van der Waals surface area contributed by atoms with E-state index in [4.69, 9.17) is 4.74 Å². The number of ether oxygens (including phenoxy) is 1. The molecule has 210 valence electrons. The molecule has 0 bridgehead atoms. The summed E-state index contributed by atoms with van der Waals surface area (Å²) in [6, 6.07) is 6.43. The van der Waals surface area contributed by atoms with Gasteiger partial charge in [-0.2, -0.15) is 0 Å². The number of carbonyl (C=O) groups excluding carboxylic acids is 2. The van der Waals surface area contributed by atoms with Gasteiger partial charge in [0.2, 0.25) is 6.41 Å². The van der Waals surface area contributed by atoms with Crippen LogP contribution in [0, 0.1) is 0 Å². The van der Waals surface area contributed by atoms with Crippen LogP contribution in [0.4, 0.5) is 0 Å². The van der Waals surface area contributed by atoms with Gasteiger partial charge in [-0.05, 0) is 106 Å². The molecule has 0 saturated carbocycles. The highest BCUT2D eigenvalue weighted by molar-refractivity contribution is 5.75. The molecule has 2 aliphatic heterocycles. The largest absolute Gasteiger partial charge is 0.497 e. The number of hydrogen-bond acceptors (Lipinski definition) is 4. The molecule has 1 aliphatic carbocycles. The first-order valence-electron chi connectivity index (χ1n) is 14.6. The summed E-state index contributed by atoms with van der Waals surface area (Å²) >= 11 is 0. The van der Waals surface area contributed by atoms with E-state index in [-0.39, 0.29) is 0 Å². The standard InChI is InChI=1S/C17H25NO2.C14H19NO.C2H6/c1-14(19)6-3-4-10-18-11-5-7-15-12-17(20-2)9-8-16(15)13-18;1-3-4-13-9-11(2)5-6-12-7-8-15(10-16)14(12)13;1-2/h8-9,12H,3-7,10-11,13H2,1-2H3;6,9-10H,3-5,7-8H2,1-2H3;1-2H3. The molecule has 5 heteroatoms. The summed E-state index contributed by atoms with van der Waals surface area (Å²) in [5, 5.41) is 0. The van der Waals surface area contributed by atoms with Gasteiger partial charge in [0.05, 0.1) is 7.11 Å². The lowest BCUT2D eigenvalue weighted by Crippen LogP contribution is -2.24. The monoisotopic (exact) mass is 522 g/mol. The molecule has 5 nitrogen and oxygen atoms in total. The number of aryl methyl sites for hydroxylation is 1. The van der Waals surface area contributed by atoms with E-state index in [2.05, 4.69) is 49.1 Å². The number of nitrogens with zero attached hydrogens (tertiary/aromatic N) is 2. The highest BCUT2D eigenvalue weighted by Crippen LogP contribution is 2.34. The number of allylic oxidation sites excluding steroid dienone is 5. The zero-order valence-corrected chi connectivity index (χ0v) is 24.8. The van der Waals surface area contributed by atoms with Crippen molar-refractivity contribution < 1.29 is 14.3 Å². The molecule has 0 atom stereocenters. The zero-order valence-electron chi connectivity index (χ0n) is 24.8. The van der Waals surface area contributed by atoms with E-state index < -0.39 is 0 Å². The molecule has 0 N–H and O–H groups in total. The first-order valence-corrected chi connectivity index (χ1v) is 14.6. The van der Waals surface area contributed by atoms with Crippen molar-refractivity contribution in [3.63, 3.8) is 0 Å². The molecule has 1 saturated heterocycles. The van der Waals surface area contributed by atoms with Crippen molar-refractivity contribution >= 4 is 12.2 Å². The molecule has 0 radical (unpaired) electrons. The van der Waals surface area contributed by atoms with Crippen molar-refractivity contribution in [3.05, 3.63) is 63.9 Å². The van der Waals surface area contributed by atoms with Gasteiger partial charge in [0, 0.05) is 25.2 Å². The minimum atomic E-state index is 0.304. The number of ketones is 1. The summed E-state index contributed by atoms with van der Waals surface area (Å²) in [6.07, 6.45) is 15.0. The normalized spacial score (nSPS) is 16.8. The Morgan fingerprint density at radius 2 is 1.89 bits per heavy atom. The fourth-order valence-corrected chi connectivity index (χ4v) is 5.35. The Hall–Kier alpha value is -2.66. The maximum Gasteiger partial charge on any atom is 0.214 e. The van der Waals surface area contributed by atoms with Crippen LogP contribution in [0.1, 0.15) is 97.1 Å². The van der Waals surface area contributed by atoms with Crippen LogP contribution in [0.5, 0.6) is 5.75 Å². The van der Waals surface area contributed by atoms with Crippen LogP contribution in [0.2, 0.25) is 0 Å². The lowest BCUT2D eigenvalue weighted by molar-refractivity contribution is -0.117. The molecule has 0 aromatic heterocycles. The van der Waals surface area contributed by atoms with Crippen molar-refractivity contribution in [2.24, 2.45) is 0 Å². The third kappa shape index (κ3) is 9.58. The Labute approximate surface area is 231 Å². The van der Waals surface area contributed by atoms with Crippen molar-refractivity contribution in [1.82, 2.24) is 9.80 Å². The molecule has 0 spiro atoms. The molecule has 4 rings (SSSR count). The fourth-order valence-electron chi connectivity index (χ4n) is 5.35. The Balaban J connectivity index is 0.000000256. The highest BCUT2D eigenvalue weighted by Gasteiger charge is 2.25. The van der Waals surface area contributed by atoms with Crippen molar-refractivity contribution in [1.29, 1.82) is 0 Å². The third-order valence-electron chi connectivity index (χ3n) is 7.24. The van der Waals surface area contributed by atoms with E-state index in [9.17, 15) is 9.59 Å². The van der Waals surface area contributed by atoms with E-state index in [1.165, 1.54) is 40.0 Å². The predicted octanol–water partition coefficient (Wildman–Crippen LogP) is 7.41. The van der Waals surface area contributed by atoms with Crippen LogP contribution in [0.3, 0.4) is 0 Å². The quantitative estimate of drug-likeness (QED) is 0.250. The van der Waals surface area contributed by atoms with Crippen molar-refractivity contribution in [2.45, 2.75) is 99.0 Å². The topological polar surface area (TPSA) is 49.9 Å². The van der Waals surface area contributed by atoms with E-state index in [1.807, 2.05) is 18.7 Å². The van der Waals surface area contributed by atoms with Crippen LogP contribution in [0.25, 0.3) is 0 Å². The average Bonchev–Trinajstić information content (AvgIpc) is 3.13. The lowest BCUT2D eigenvalue weighted by atomic mass is 10.0. The van der Waals surface area contributed by atoms with Crippen LogP contribution in [0.15, 0.2) is 52.8 Å². The summed E-state index contributed by atoms with van der Waals surface area (Å²) < 4.78 is 5.30. The van der Waals surface area contributed by atoms with Gasteiger partial charge in [0.1, 0.15) is 11.5 Å². The Morgan fingerprint density at radius 1 is 1.11 bits per heavy atom. The van der Waals surface area contributed by atoms with Gasteiger partial charge in [-0.25, -0.2) is 0 Å². The van der Waals surface area contributed by atoms with Gasteiger partial charge in [0.15, 0.2) is 0 Å². The summed E-state index contributed by atoms with van der Waals surface area (Å²) in [4.78, 5) is 26.4. The van der Waals surface area contributed by atoms with Crippen LogP contribution >= 0.6 is 0 Å². The van der Waals surface area contributed by atoms with Gasteiger partial charge in [0.25, 0.3) is 0 Å². The molecule has 38 heavy (non-hydrogen) atoms. The lowest BCUT2D eigenvalue weighted by Gasteiger charge is -2.20. The number of methoxy groups -OCH3 is 1. The molecule has 0 unspecified atom stereocenters. The number of unbranched alkanes of at least 4 members (excludes halogenated alkanes) is 1. The molecule has 1 aromatic rings. The molecule has 1 aromatic carbocycles. The maximum absolute atomic E-state index is 11.0. The Morgan fingerprint density at radius 3 is 2.58 bits per heavy atom. The van der Waals surface area contributed by atoms with Gasteiger partial charge in [-0.15, -0.1) is 0 Å². The number of likely N-dealkylation sites (tertiary alicyclic amines) is 1. The maximum atomic E-state index is 11.0. The third-order valence-corrected chi connectivity index (χ3v) is 7.24. The minimum Gasteiger partial charge on any atom is -0.497 e. The first kappa shape index (κ1) is 31.6. The second-order valence-electron chi connectivity index (χ2n) is 10.3. The molecule has 2 heterocycles. The summed E-state index contributed by atoms with van der Waals surface area (Å²) in [6.45, 7) is 14.2. The van der Waals surface area contributed by atoms with Gasteiger partial charge in [-0.1, -0.05) is 51.0 Å². The zero-order chi connectivity index (χ0) is 27.9. The highest BCUT2D eigenvalue weighted by atomic mass is 16.5. The number of benzene rings is 1. The number of carbonyl (C=O) groups is 2. The fraction of sp³-hybridized carbons (Fsp3) is 0.576. The molecule has 1 fully saturated rings. The van der Waals surface area contributed by atoms with Gasteiger partial charge >= 0.3 is 0 Å². The average molecular weight is 523 g/mol.